The van der Waals surface area contributed by atoms with Gasteiger partial charge < -0.3 is 5.32 Å². The maximum atomic E-state index is 4.18. The van der Waals surface area contributed by atoms with Gasteiger partial charge in [0.25, 0.3) is 0 Å². The summed E-state index contributed by atoms with van der Waals surface area (Å²) in [6, 6.07) is 0. The minimum Gasteiger partial charge on any atom is -0.308 e. The van der Waals surface area contributed by atoms with Gasteiger partial charge in [0.1, 0.15) is 0 Å². The summed E-state index contributed by atoms with van der Waals surface area (Å²) in [7, 11) is 0. The lowest BCUT2D eigenvalue weighted by atomic mass is 10.5. The second-order valence-corrected chi connectivity index (χ2v) is 3.86. The van der Waals surface area contributed by atoms with E-state index in [0.29, 0.717) is 0 Å². The molecule has 0 radical (unpaired) electrons. The first-order chi connectivity index (χ1) is 5.83. The molecular formula is C9H14N2S. The fourth-order valence-corrected chi connectivity index (χ4v) is 1.65. The Hall–Kier alpha value is -0.670. The first-order valence-electron chi connectivity index (χ1n) is 4.06. The Labute approximate surface area is 77.3 Å². The van der Waals surface area contributed by atoms with E-state index in [2.05, 4.69) is 16.4 Å². The van der Waals surface area contributed by atoms with Gasteiger partial charge in [0.2, 0.25) is 0 Å². The van der Waals surface area contributed by atoms with Crippen LogP contribution >= 0.6 is 11.3 Å². The zero-order chi connectivity index (χ0) is 8.81. The Balaban J connectivity index is 2.24. The van der Waals surface area contributed by atoms with E-state index in [1.54, 1.807) is 11.3 Å². The van der Waals surface area contributed by atoms with E-state index in [-0.39, 0.29) is 0 Å². The standard InChI is InChI=1S/C9H14N2S/c1-3-4-5-10-6-9-7-11-8(2)12-9/h3-4,7,10H,5-6H2,1-2H3/b4-3+. The van der Waals surface area contributed by atoms with Gasteiger partial charge in [0, 0.05) is 24.2 Å². The molecule has 1 heterocycles. The highest BCUT2D eigenvalue weighted by Crippen LogP contribution is 2.10. The van der Waals surface area contributed by atoms with Crippen molar-refractivity contribution in [2.75, 3.05) is 6.54 Å². The normalized spacial score (nSPS) is 11.2. The van der Waals surface area contributed by atoms with Crippen molar-refractivity contribution in [1.82, 2.24) is 10.3 Å². The molecule has 0 spiro atoms. The van der Waals surface area contributed by atoms with Crippen LogP contribution in [-0.2, 0) is 6.54 Å². The van der Waals surface area contributed by atoms with Crippen LogP contribution in [0.4, 0.5) is 0 Å². The van der Waals surface area contributed by atoms with Crippen LogP contribution in [0.5, 0.6) is 0 Å². The third kappa shape index (κ3) is 3.15. The molecule has 0 atom stereocenters. The molecule has 0 aliphatic carbocycles. The summed E-state index contributed by atoms with van der Waals surface area (Å²) >= 11 is 1.75. The van der Waals surface area contributed by atoms with Gasteiger partial charge in [-0.1, -0.05) is 12.2 Å². The van der Waals surface area contributed by atoms with E-state index in [1.807, 2.05) is 26.1 Å². The molecule has 0 amide bonds. The summed E-state index contributed by atoms with van der Waals surface area (Å²) < 4.78 is 0. The first kappa shape index (κ1) is 9.42. The monoisotopic (exact) mass is 182 g/mol. The molecule has 0 fully saturated rings. The Morgan fingerprint density at radius 2 is 2.50 bits per heavy atom. The van der Waals surface area contributed by atoms with Crippen LogP contribution < -0.4 is 5.32 Å². The Bertz CT molecular complexity index is 253. The summed E-state index contributed by atoms with van der Waals surface area (Å²) in [5.74, 6) is 0. The second kappa shape index (κ2) is 5.06. The third-order valence-corrected chi connectivity index (χ3v) is 2.38. The minimum absolute atomic E-state index is 0.926. The highest BCUT2D eigenvalue weighted by Gasteiger charge is 1.95. The molecule has 0 saturated carbocycles. The van der Waals surface area contributed by atoms with Crippen molar-refractivity contribution in [3.05, 3.63) is 28.2 Å². The van der Waals surface area contributed by atoms with Gasteiger partial charge in [-0.2, -0.15) is 0 Å². The molecule has 0 bridgehead atoms. The molecule has 0 saturated heterocycles. The number of hydrogen-bond donors (Lipinski definition) is 1. The average Bonchev–Trinajstić information content (AvgIpc) is 2.45. The van der Waals surface area contributed by atoms with Crippen molar-refractivity contribution >= 4 is 11.3 Å². The molecule has 1 N–H and O–H groups in total. The number of hydrogen-bond acceptors (Lipinski definition) is 3. The molecular weight excluding hydrogens is 168 g/mol. The second-order valence-electron chi connectivity index (χ2n) is 2.55. The van der Waals surface area contributed by atoms with E-state index in [1.165, 1.54) is 4.88 Å². The van der Waals surface area contributed by atoms with Crippen molar-refractivity contribution in [1.29, 1.82) is 0 Å². The number of aryl methyl sites for hydroxylation is 1. The van der Waals surface area contributed by atoms with E-state index in [9.17, 15) is 0 Å². The van der Waals surface area contributed by atoms with Crippen molar-refractivity contribution in [3.63, 3.8) is 0 Å². The van der Waals surface area contributed by atoms with Gasteiger partial charge >= 0.3 is 0 Å². The Morgan fingerprint density at radius 1 is 1.67 bits per heavy atom. The van der Waals surface area contributed by atoms with Gasteiger partial charge in [0.15, 0.2) is 0 Å². The molecule has 0 unspecified atom stereocenters. The quantitative estimate of drug-likeness (QED) is 0.570. The average molecular weight is 182 g/mol. The SMILES string of the molecule is C/C=C/CNCc1cnc(C)s1. The molecule has 3 heteroatoms. The number of allylic oxidation sites excluding steroid dienone is 1. The van der Waals surface area contributed by atoms with E-state index < -0.39 is 0 Å². The predicted molar refractivity (Wildman–Crippen MR) is 53.4 cm³/mol. The summed E-state index contributed by atoms with van der Waals surface area (Å²) in [4.78, 5) is 5.48. The lowest BCUT2D eigenvalue weighted by Gasteiger charge is -1.95. The fourth-order valence-electron chi connectivity index (χ4n) is 0.884. The van der Waals surface area contributed by atoms with Crippen LogP contribution in [0.15, 0.2) is 18.3 Å². The molecule has 1 aromatic heterocycles. The molecule has 12 heavy (non-hydrogen) atoms. The summed E-state index contributed by atoms with van der Waals surface area (Å²) in [6.45, 7) is 5.92. The summed E-state index contributed by atoms with van der Waals surface area (Å²) in [5, 5.41) is 4.44. The third-order valence-electron chi connectivity index (χ3n) is 1.47. The predicted octanol–water partition coefficient (Wildman–Crippen LogP) is 2.12. The van der Waals surface area contributed by atoms with E-state index >= 15 is 0 Å². The Kier molecular flexibility index (Phi) is 3.97. The number of rotatable bonds is 4. The van der Waals surface area contributed by atoms with Crippen LogP contribution in [0.3, 0.4) is 0 Å². The van der Waals surface area contributed by atoms with Crippen LogP contribution in [0.25, 0.3) is 0 Å². The van der Waals surface area contributed by atoms with E-state index in [0.717, 1.165) is 18.1 Å². The molecule has 66 valence electrons. The molecule has 0 aromatic carbocycles. The number of aromatic nitrogens is 1. The van der Waals surface area contributed by atoms with Gasteiger partial charge in [-0.3, -0.25) is 0 Å². The van der Waals surface area contributed by atoms with Crippen molar-refractivity contribution < 1.29 is 0 Å². The summed E-state index contributed by atoms with van der Waals surface area (Å²) in [5.41, 5.74) is 0. The van der Waals surface area contributed by atoms with Crippen LogP contribution in [-0.4, -0.2) is 11.5 Å². The maximum absolute atomic E-state index is 4.18. The van der Waals surface area contributed by atoms with Gasteiger partial charge in [-0.05, 0) is 13.8 Å². The van der Waals surface area contributed by atoms with Gasteiger partial charge in [-0.15, -0.1) is 11.3 Å². The molecule has 2 nitrogen and oxygen atoms in total. The molecule has 1 rings (SSSR count). The topological polar surface area (TPSA) is 24.9 Å². The van der Waals surface area contributed by atoms with Crippen molar-refractivity contribution in [2.24, 2.45) is 0 Å². The van der Waals surface area contributed by atoms with E-state index in [4.69, 9.17) is 0 Å². The zero-order valence-electron chi connectivity index (χ0n) is 7.50. The van der Waals surface area contributed by atoms with Crippen LogP contribution in [0, 0.1) is 6.92 Å². The van der Waals surface area contributed by atoms with Crippen LogP contribution in [0.2, 0.25) is 0 Å². The number of nitrogens with zero attached hydrogens (tertiary/aromatic N) is 1. The van der Waals surface area contributed by atoms with Gasteiger partial charge in [-0.25, -0.2) is 4.98 Å². The Morgan fingerprint density at radius 3 is 3.08 bits per heavy atom. The number of thiazole rings is 1. The lowest BCUT2D eigenvalue weighted by molar-refractivity contribution is 0.768. The maximum Gasteiger partial charge on any atom is 0.0897 e. The highest BCUT2D eigenvalue weighted by atomic mass is 32.1. The molecule has 0 aliphatic heterocycles. The fraction of sp³-hybridized carbons (Fsp3) is 0.444. The van der Waals surface area contributed by atoms with Crippen molar-refractivity contribution in [3.8, 4) is 0 Å². The smallest absolute Gasteiger partial charge is 0.0897 e. The van der Waals surface area contributed by atoms with Gasteiger partial charge in [0.05, 0.1) is 5.01 Å². The lowest BCUT2D eigenvalue weighted by Crippen LogP contribution is -2.11. The summed E-state index contributed by atoms with van der Waals surface area (Å²) in [6.07, 6.45) is 6.08. The zero-order valence-corrected chi connectivity index (χ0v) is 8.32. The van der Waals surface area contributed by atoms with Crippen molar-refractivity contribution in [2.45, 2.75) is 20.4 Å². The van der Waals surface area contributed by atoms with Crippen LogP contribution in [0.1, 0.15) is 16.8 Å². The number of nitrogens with one attached hydrogen (secondary N) is 1. The molecule has 0 aliphatic rings. The highest BCUT2D eigenvalue weighted by molar-refractivity contribution is 7.11. The molecule has 1 aromatic rings. The first-order valence-corrected chi connectivity index (χ1v) is 4.87. The minimum atomic E-state index is 0.926. The largest absolute Gasteiger partial charge is 0.308 e.